The SMILES string of the molecule is CC1=[N+](C(=O)OC(C)(C)C)CCN(CCc2ccc(C)c(F)c2)C1.Cc1cc(O)c(C(=O)O)cc1C(=O)Nc1ccn(C)n1. The number of halogens is 1. The van der Waals surface area contributed by atoms with Crippen molar-refractivity contribution in [2.24, 2.45) is 7.05 Å². The molecule has 4 rings (SSSR count). The molecule has 0 unspecified atom stereocenters. The third kappa shape index (κ3) is 9.46. The molecule has 0 atom stereocenters. The maximum Gasteiger partial charge on any atom is 0.596 e. The molecule has 0 aliphatic carbocycles. The highest BCUT2D eigenvalue weighted by Crippen LogP contribution is 2.23. The molecule has 1 aromatic heterocycles. The second-order valence-corrected chi connectivity index (χ2v) is 11.8. The van der Waals surface area contributed by atoms with Crippen molar-refractivity contribution in [1.82, 2.24) is 14.7 Å². The van der Waals surface area contributed by atoms with Gasteiger partial charge in [0.05, 0.1) is 13.1 Å². The van der Waals surface area contributed by atoms with Crippen LogP contribution in [0.15, 0.2) is 42.6 Å². The molecule has 0 radical (unpaired) electrons. The zero-order valence-electron chi connectivity index (χ0n) is 26.3. The lowest BCUT2D eigenvalue weighted by Gasteiger charge is -2.25. The number of amides is 2. The minimum atomic E-state index is -1.30. The van der Waals surface area contributed by atoms with Crippen molar-refractivity contribution in [3.63, 3.8) is 0 Å². The Balaban J connectivity index is 0.000000244. The Hall–Kier alpha value is -4.58. The van der Waals surface area contributed by atoms with E-state index in [1.165, 1.54) is 10.7 Å². The molecule has 44 heavy (non-hydrogen) atoms. The van der Waals surface area contributed by atoms with Crippen LogP contribution in [0.5, 0.6) is 5.75 Å². The zero-order chi connectivity index (χ0) is 32.8. The van der Waals surface area contributed by atoms with Crippen LogP contribution in [0.1, 0.15) is 65.1 Å². The first kappa shape index (κ1) is 33.9. The smallest absolute Gasteiger partial charge is 0.507 e. The number of ether oxygens (including phenoxy) is 1. The van der Waals surface area contributed by atoms with Gasteiger partial charge in [-0.15, -0.1) is 4.58 Å². The molecule has 3 N–H and O–H groups in total. The Morgan fingerprint density at radius 3 is 2.34 bits per heavy atom. The van der Waals surface area contributed by atoms with Crippen LogP contribution >= 0.6 is 0 Å². The number of rotatable bonds is 6. The van der Waals surface area contributed by atoms with Crippen LogP contribution < -0.4 is 5.32 Å². The van der Waals surface area contributed by atoms with E-state index in [4.69, 9.17) is 9.84 Å². The van der Waals surface area contributed by atoms with Gasteiger partial charge in [-0.05, 0) is 75.9 Å². The van der Waals surface area contributed by atoms with Crippen molar-refractivity contribution in [2.75, 3.05) is 31.5 Å². The number of nitrogens with zero attached hydrogens (tertiary/aromatic N) is 4. The highest BCUT2D eigenvalue weighted by atomic mass is 19.1. The first-order valence-electron chi connectivity index (χ1n) is 14.2. The molecule has 11 nitrogen and oxygen atoms in total. The van der Waals surface area contributed by atoms with E-state index in [-0.39, 0.29) is 28.8 Å². The Bertz CT molecular complexity index is 1570. The molecule has 236 valence electrons. The second kappa shape index (κ2) is 14.3. The maximum absolute atomic E-state index is 13.6. The van der Waals surface area contributed by atoms with Crippen LogP contribution in [0.4, 0.5) is 15.0 Å². The molecule has 0 saturated heterocycles. The van der Waals surface area contributed by atoms with E-state index in [0.29, 0.717) is 23.5 Å². The second-order valence-electron chi connectivity index (χ2n) is 11.8. The largest absolute Gasteiger partial charge is 0.596 e. The average molecular weight is 611 g/mol. The monoisotopic (exact) mass is 610 g/mol. The van der Waals surface area contributed by atoms with Gasteiger partial charge in [-0.1, -0.05) is 12.1 Å². The summed E-state index contributed by atoms with van der Waals surface area (Å²) in [5.74, 6) is -1.94. The molecule has 2 amide bonds. The van der Waals surface area contributed by atoms with Crippen molar-refractivity contribution in [3.05, 3.63) is 76.2 Å². The lowest BCUT2D eigenvalue weighted by Crippen LogP contribution is -2.47. The molecule has 0 bridgehead atoms. The van der Waals surface area contributed by atoms with E-state index in [1.807, 2.05) is 39.8 Å². The quantitative estimate of drug-likeness (QED) is 0.339. The third-order valence-electron chi connectivity index (χ3n) is 6.89. The Kier molecular flexibility index (Phi) is 11.0. The number of anilines is 1. The van der Waals surface area contributed by atoms with Crippen molar-refractivity contribution in [2.45, 2.75) is 53.6 Å². The fourth-order valence-electron chi connectivity index (χ4n) is 4.53. The van der Waals surface area contributed by atoms with Crippen LogP contribution in [-0.4, -0.2) is 84.9 Å². The molecule has 0 saturated carbocycles. The van der Waals surface area contributed by atoms with Gasteiger partial charge in [0.25, 0.3) is 5.91 Å². The van der Waals surface area contributed by atoms with Crippen LogP contribution in [0.3, 0.4) is 0 Å². The molecule has 1 aliphatic heterocycles. The molecule has 0 fully saturated rings. The Labute approximate surface area is 256 Å². The molecule has 12 heteroatoms. The number of aromatic hydroxyl groups is 1. The van der Waals surface area contributed by atoms with Crippen molar-refractivity contribution in [3.8, 4) is 5.75 Å². The summed E-state index contributed by atoms with van der Waals surface area (Å²) in [5, 5.41) is 25.0. The fraction of sp³-hybridized carbons (Fsp3) is 0.406. The van der Waals surface area contributed by atoms with Crippen molar-refractivity contribution in [1.29, 1.82) is 0 Å². The normalized spacial score (nSPS) is 13.6. The molecule has 2 heterocycles. The Morgan fingerprint density at radius 2 is 1.77 bits per heavy atom. The molecule has 0 spiro atoms. The lowest BCUT2D eigenvalue weighted by molar-refractivity contribution is -0.458. The summed E-state index contributed by atoms with van der Waals surface area (Å²) in [6, 6.07) is 9.42. The minimum absolute atomic E-state index is 0.148. The van der Waals surface area contributed by atoms with Crippen LogP contribution in [0.25, 0.3) is 0 Å². The van der Waals surface area contributed by atoms with E-state index in [1.54, 1.807) is 43.8 Å². The van der Waals surface area contributed by atoms with E-state index in [9.17, 15) is 23.9 Å². The van der Waals surface area contributed by atoms with E-state index in [0.717, 1.165) is 43.4 Å². The predicted octanol–water partition coefficient (Wildman–Crippen LogP) is 4.79. The van der Waals surface area contributed by atoms with Gasteiger partial charge in [0, 0.05) is 38.3 Å². The number of benzene rings is 2. The molecule has 1 aliphatic rings. The van der Waals surface area contributed by atoms with Crippen LogP contribution in [0.2, 0.25) is 0 Å². The summed E-state index contributed by atoms with van der Waals surface area (Å²) in [6.07, 6.45) is 2.19. The number of carboxylic acids is 1. The van der Waals surface area contributed by atoms with Gasteiger partial charge in [-0.2, -0.15) is 9.89 Å². The van der Waals surface area contributed by atoms with Crippen LogP contribution in [0, 0.1) is 19.7 Å². The van der Waals surface area contributed by atoms with E-state index >= 15 is 0 Å². The summed E-state index contributed by atoms with van der Waals surface area (Å²) in [4.78, 5) is 37.5. The summed E-state index contributed by atoms with van der Waals surface area (Å²) in [7, 11) is 1.71. The number of nitrogens with one attached hydrogen (secondary N) is 1. The molecule has 2 aromatic carbocycles. The van der Waals surface area contributed by atoms with Crippen molar-refractivity contribution < 1.29 is 38.3 Å². The zero-order valence-corrected chi connectivity index (χ0v) is 26.3. The van der Waals surface area contributed by atoms with Gasteiger partial charge in [0.15, 0.2) is 18.1 Å². The summed E-state index contributed by atoms with van der Waals surface area (Å²) >= 11 is 0. The molecular formula is C32H41FN5O6+. The minimum Gasteiger partial charge on any atom is -0.507 e. The first-order chi connectivity index (χ1) is 20.5. The molecule has 3 aromatic rings. The number of carboxylic acid groups (broad SMARTS) is 1. The number of carbonyl (C=O) groups is 3. The number of aromatic carboxylic acids is 1. The lowest BCUT2D eigenvalue weighted by atomic mass is 10.0. The highest BCUT2D eigenvalue weighted by molar-refractivity contribution is 6.06. The van der Waals surface area contributed by atoms with Gasteiger partial charge in [-0.3, -0.25) is 14.4 Å². The first-order valence-corrected chi connectivity index (χ1v) is 14.2. The van der Waals surface area contributed by atoms with E-state index in [2.05, 4.69) is 15.3 Å². The average Bonchev–Trinajstić information content (AvgIpc) is 3.32. The van der Waals surface area contributed by atoms with Gasteiger partial charge < -0.3 is 20.3 Å². The van der Waals surface area contributed by atoms with Gasteiger partial charge in [0.2, 0.25) is 0 Å². The predicted molar refractivity (Wildman–Crippen MR) is 164 cm³/mol. The molecular weight excluding hydrogens is 569 g/mol. The van der Waals surface area contributed by atoms with Gasteiger partial charge in [-0.25, -0.2) is 9.18 Å². The summed E-state index contributed by atoms with van der Waals surface area (Å²) in [5.41, 5.74) is 2.52. The van der Waals surface area contributed by atoms with Gasteiger partial charge >= 0.3 is 12.1 Å². The number of aryl methyl sites for hydroxylation is 3. The topological polar surface area (TPSA) is 137 Å². The highest BCUT2D eigenvalue weighted by Gasteiger charge is 2.32. The number of hydrogen-bond acceptors (Lipinski definition) is 7. The Morgan fingerprint density at radius 1 is 1.07 bits per heavy atom. The number of aromatic nitrogens is 2. The number of carbonyl (C=O) groups excluding carboxylic acids is 2. The fourth-order valence-corrected chi connectivity index (χ4v) is 4.53. The maximum atomic E-state index is 13.6. The number of hydrogen-bond donors (Lipinski definition) is 3. The summed E-state index contributed by atoms with van der Waals surface area (Å²) in [6.45, 7) is 14.0. The van der Waals surface area contributed by atoms with E-state index < -0.39 is 17.5 Å². The van der Waals surface area contributed by atoms with Gasteiger partial charge in [0.1, 0.15) is 22.7 Å². The number of phenols is 1. The summed E-state index contributed by atoms with van der Waals surface area (Å²) < 4.78 is 22.3. The van der Waals surface area contributed by atoms with Crippen molar-refractivity contribution >= 4 is 29.5 Å². The third-order valence-corrected chi connectivity index (χ3v) is 6.89. The standard InChI is InChI=1S/C19H28FN2O2.C13H13N3O4/c1-14-6-7-16(12-17(14)20)8-9-21-10-11-22(15(2)13-21)18(23)24-19(3,4)5;1-7-5-10(17)9(13(19)20)6-8(7)12(18)14-11-3-4-16(2)15-11/h6-7,12H,8-11,13H2,1-5H3;3-6,17H,1-2H3,(H,19,20)(H,14,15,18)/q+1;. The van der Waals surface area contributed by atoms with Crippen LogP contribution in [-0.2, 0) is 18.2 Å².